The first-order valence-electron chi connectivity index (χ1n) is 11.4. The molecule has 32 heavy (non-hydrogen) atoms. The monoisotopic (exact) mass is 474 g/mol. The van der Waals surface area contributed by atoms with Crippen LogP contribution in [0.4, 0.5) is 0 Å². The maximum absolute atomic E-state index is 13.3. The highest BCUT2D eigenvalue weighted by Crippen LogP contribution is 2.24. The summed E-state index contributed by atoms with van der Waals surface area (Å²) in [6.45, 7) is 4.16. The quantitative estimate of drug-likeness (QED) is 0.502. The van der Waals surface area contributed by atoms with Gasteiger partial charge in [-0.05, 0) is 56.4 Å². The van der Waals surface area contributed by atoms with Crippen LogP contribution in [0.25, 0.3) is 0 Å². The smallest absolute Gasteiger partial charge is 0.242 e. The number of halogens is 2. The van der Waals surface area contributed by atoms with Gasteiger partial charge in [0.2, 0.25) is 11.8 Å². The number of amides is 2. The van der Waals surface area contributed by atoms with Crippen molar-refractivity contribution in [2.45, 2.75) is 77.4 Å². The molecule has 0 heterocycles. The Balaban J connectivity index is 1.72. The van der Waals surface area contributed by atoms with Crippen molar-refractivity contribution < 1.29 is 9.59 Å². The minimum atomic E-state index is -0.572. The Hall–Kier alpha value is -2.04. The molecule has 0 bridgehead atoms. The zero-order valence-corrected chi connectivity index (χ0v) is 20.4. The first kappa shape index (κ1) is 24.6. The highest BCUT2D eigenvalue weighted by molar-refractivity contribution is 6.42. The van der Waals surface area contributed by atoms with Crippen molar-refractivity contribution in [3.8, 4) is 0 Å². The number of rotatable bonds is 8. The number of nitrogens with one attached hydrogen (secondary N) is 1. The van der Waals surface area contributed by atoms with E-state index in [1.807, 2.05) is 37.3 Å². The molecule has 1 N–H and O–H groups in total. The normalized spacial score (nSPS) is 15.2. The van der Waals surface area contributed by atoms with Gasteiger partial charge < -0.3 is 10.2 Å². The lowest BCUT2D eigenvalue weighted by molar-refractivity contribution is -0.141. The molecule has 3 rings (SSSR count). The van der Waals surface area contributed by atoms with Crippen LogP contribution < -0.4 is 5.32 Å². The van der Waals surface area contributed by atoms with Crippen molar-refractivity contribution in [1.82, 2.24) is 10.2 Å². The summed E-state index contributed by atoms with van der Waals surface area (Å²) in [5, 5.41) is 4.07. The highest BCUT2D eigenvalue weighted by atomic mass is 35.5. The van der Waals surface area contributed by atoms with Crippen LogP contribution in [0.15, 0.2) is 42.5 Å². The fourth-order valence-electron chi connectivity index (χ4n) is 4.14. The highest BCUT2D eigenvalue weighted by Gasteiger charge is 2.28. The molecule has 2 aromatic carbocycles. The van der Waals surface area contributed by atoms with Gasteiger partial charge >= 0.3 is 0 Å². The largest absolute Gasteiger partial charge is 0.352 e. The molecule has 2 aromatic rings. The zero-order chi connectivity index (χ0) is 23.1. The maximum atomic E-state index is 13.3. The van der Waals surface area contributed by atoms with Crippen LogP contribution in [0.3, 0.4) is 0 Å². The summed E-state index contributed by atoms with van der Waals surface area (Å²) in [5.41, 5.74) is 3.15. The molecule has 4 nitrogen and oxygen atoms in total. The van der Waals surface area contributed by atoms with Crippen LogP contribution >= 0.6 is 23.2 Å². The Kier molecular flexibility index (Phi) is 9.01. The minimum Gasteiger partial charge on any atom is -0.352 e. The molecular formula is C26H32Cl2N2O2. The Labute approximate surface area is 201 Å². The van der Waals surface area contributed by atoms with Gasteiger partial charge in [0.25, 0.3) is 0 Å². The molecular weight excluding hydrogens is 443 g/mol. The summed E-state index contributed by atoms with van der Waals surface area (Å²) in [7, 11) is 0. The lowest BCUT2D eigenvalue weighted by Gasteiger charge is -2.31. The lowest BCUT2D eigenvalue weighted by Crippen LogP contribution is -2.50. The summed E-state index contributed by atoms with van der Waals surface area (Å²) in [6.07, 6.45) is 6.49. The average Bonchev–Trinajstić information content (AvgIpc) is 2.79. The second-order valence-electron chi connectivity index (χ2n) is 8.78. The summed E-state index contributed by atoms with van der Waals surface area (Å²) >= 11 is 12.2. The summed E-state index contributed by atoms with van der Waals surface area (Å²) in [4.78, 5) is 28.0. The van der Waals surface area contributed by atoms with E-state index in [-0.39, 0.29) is 17.9 Å². The van der Waals surface area contributed by atoms with E-state index < -0.39 is 6.04 Å². The number of aryl methyl sites for hydroxylation is 2. The third-order valence-corrected chi connectivity index (χ3v) is 6.94. The van der Waals surface area contributed by atoms with Gasteiger partial charge in [-0.2, -0.15) is 0 Å². The zero-order valence-electron chi connectivity index (χ0n) is 18.9. The second kappa shape index (κ2) is 11.7. The molecule has 0 spiro atoms. The Morgan fingerprint density at radius 3 is 2.31 bits per heavy atom. The van der Waals surface area contributed by atoms with Gasteiger partial charge in [0, 0.05) is 19.0 Å². The van der Waals surface area contributed by atoms with Gasteiger partial charge in [-0.15, -0.1) is 0 Å². The lowest BCUT2D eigenvalue weighted by atomic mass is 9.95. The molecule has 172 valence electrons. The van der Waals surface area contributed by atoms with E-state index >= 15 is 0 Å². The predicted molar refractivity (Wildman–Crippen MR) is 131 cm³/mol. The van der Waals surface area contributed by atoms with Gasteiger partial charge in [-0.1, -0.05) is 78.4 Å². The van der Waals surface area contributed by atoms with Gasteiger partial charge in [0.15, 0.2) is 0 Å². The fraction of sp³-hybridized carbons (Fsp3) is 0.462. The molecule has 1 aliphatic rings. The number of carbonyl (C=O) groups excluding carboxylic acids is 2. The molecule has 1 unspecified atom stereocenters. The number of carbonyl (C=O) groups is 2. The fourth-order valence-corrected chi connectivity index (χ4v) is 4.46. The molecule has 1 saturated carbocycles. The molecule has 0 saturated heterocycles. The van der Waals surface area contributed by atoms with E-state index in [1.54, 1.807) is 24.0 Å². The van der Waals surface area contributed by atoms with Gasteiger partial charge in [-0.3, -0.25) is 9.59 Å². The molecule has 1 fully saturated rings. The standard InChI is InChI=1S/C26H32Cl2N2O2/c1-18-8-10-20(11-9-18)13-15-25(31)30(17-21-12-14-23(27)24(28)16-21)19(2)26(32)29-22-6-4-3-5-7-22/h8-12,14,16,19,22H,3-7,13,15,17H2,1-2H3,(H,29,32). The third-order valence-electron chi connectivity index (χ3n) is 6.20. The first-order valence-corrected chi connectivity index (χ1v) is 12.2. The van der Waals surface area contributed by atoms with Crippen LogP contribution in [0.5, 0.6) is 0 Å². The van der Waals surface area contributed by atoms with Crippen LogP contribution in [0.2, 0.25) is 10.0 Å². The molecule has 1 atom stereocenters. The van der Waals surface area contributed by atoms with Crippen molar-refractivity contribution in [1.29, 1.82) is 0 Å². The Bertz CT molecular complexity index is 924. The third kappa shape index (κ3) is 6.98. The average molecular weight is 475 g/mol. The van der Waals surface area contributed by atoms with Crippen molar-refractivity contribution in [2.24, 2.45) is 0 Å². The second-order valence-corrected chi connectivity index (χ2v) is 9.59. The Morgan fingerprint density at radius 2 is 1.66 bits per heavy atom. The molecule has 0 radical (unpaired) electrons. The number of nitrogens with zero attached hydrogens (tertiary/aromatic N) is 1. The van der Waals surface area contributed by atoms with Crippen molar-refractivity contribution in [3.63, 3.8) is 0 Å². The van der Waals surface area contributed by atoms with Gasteiger partial charge in [-0.25, -0.2) is 0 Å². The number of hydrogen-bond donors (Lipinski definition) is 1. The van der Waals surface area contributed by atoms with Crippen molar-refractivity contribution >= 4 is 35.0 Å². The minimum absolute atomic E-state index is 0.0528. The summed E-state index contributed by atoms with van der Waals surface area (Å²) in [6, 6.07) is 13.2. The van der Waals surface area contributed by atoms with Gasteiger partial charge in [0.05, 0.1) is 10.0 Å². The SMILES string of the molecule is Cc1ccc(CCC(=O)N(Cc2ccc(Cl)c(Cl)c2)C(C)C(=O)NC2CCCCC2)cc1. The molecule has 6 heteroatoms. The molecule has 1 aliphatic carbocycles. The number of benzene rings is 2. The Morgan fingerprint density at radius 1 is 1.00 bits per heavy atom. The van der Waals surface area contributed by atoms with Crippen LogP contribution in [0, 0.1) is 6.92 Å². The molecule has 2 amide bonds. The van der Waals surface area contributed by atoms with Crippen molar-refractivity contribution in [2.75, 3.05) is 0 Å². The first-order chi connectivity index (χ1) is 15.3. The van der Waals surface area contributed by atoms with E-state index in [0.29, 0.717) is 29.4 Å². The maximum Gasteiger partial charge on any atom is 0.242 e. The van der Waals surface area contributed by atoms with Crippen LogP contribution in [-0.4, -0.2) is 28.8 Å². The van der Waals surface area contributed by atoms with E-state index in [1.165, 1.54) is 12.0 Å². The summed E-state index contributed by atoms with van der Waals surface area (Å²) < 4.78 is 0. The number of hydrogen-bond acceptors (Lipinski definition) is 2. The van der Waals surface area contributed by atoms with E-state index in [4.69, 9.17) is 23.2 Å². The van der Waals surface area contributed by atoms with Crippen molar-refractivity contribution in [3.05, 3.63) is 69.2 Å². The van der Waals surface area contributed by atoms with E-state index in [2.05, 4.69) is 5.32 Å². The van der Waals surface area contributed by atoms with E-state index in [9.17, 15) is 9.59 Å². The van der Waals surface area contributed by atoms with Gasteiger partial charge in [0.1, 0.15) is 6.04 Å². The van der Waals surface area contributed by atoms with Crippen LogP contribution in [0.1, 0.15) is 62.1 Å². The topological polar surface area (TPSA) is 49.4 Å². The molecule has 0 aliphatic heterocycles. The predicted octanol–water partition coefficient (Wildman–Crippen LogP) is 6.10. The van der Waals surface area contributed by atoms with E-state index in [0.717, 1.165) is 36.8 Å². The summed E-state index contributed by atoms with van der Waals surface area (Å²) in [5.74, 6) is -0.149. The van der Waals surface area contributed by atoms with Crippen LogP contribution in [-0.2, 0) is 22.6 Å². The molecule has 0 aromatic heterocycles.